The van der Waals surface area contributed by atoms with Gasteiger partial charge in [0.2, 0.25) is 5.91 Å². The highest BCUT2D eigenvalue weighted by Gasteiger charge is 2.27. The number of hydrogen-bond acceptors (Lipinski definition) is 4. The lowest BCUT2D eigenvalue weighted by Crippen LogP contribution is -2.33. The number of amides is 1. The van der Waals surface area contributed by atoms with E-state index in [9.17, 15) is 13.2 Å². The number of rotatable bonds is 5. The Balaban J connectivity index is 2.77. The minimum atomic E-state index is -3.62. The number of sulfone groups is 1. The van der Waals surface area contributed by atoms with Gasteiger partial charge < -0.3 is 10.1 Å². The standard InChI is InChI=1S/C13H15NO4S/c1-4-9-19(16,17)10(2)13(15)14-11-5-7-12(18-3)8-6-11/h1,5-8,10H,9H2,2-3H3,(H,14,15). The van der Waals surface area contributed by atoms with Gasteiger partial charge in [-0.15, -0.1) is 6.42 Å². The SMILES string of the molecule is C#CCS(=O)(=O)C(C)C(=O)Nc1ccc(OC)cc1. The maximum Gasteiger partial charge on any atom is 0.242 e. The second kappa shape index (κ2) is 6.25. The van der Waals surface area contributed by atoms with E-state index in [1.165, 1.54) is 14.0 Å². The first kappa shape index (κ1) is 15.1. The molecule has 1 N–H and O–H groups in total. The van der Waals surface area contributed by atoms with Crippen LogP contribution < -0.4 is 10.1 Å². The summed E-state index contributed by atoms with van der Waals surface area (Å²) in [5.74, 6) is 1.62. The van der Waals surface area contributed by atoms with Gasteiger partial charge in [0.1, 0.15) is 16.8 Å². The summed E-state index contributed by atoms with van der Waals surface area (Å²) in [6.45, 7) is 1.31. The molecule has 1 amide bonds. The third-order valence-electron chi connectivity index (χ3n) is 2.55. The Hall–Kier alpha value is -2.00. The monoisotopic (exact) mass is 281 g/mol. The lowest BCUT2D eigenvalue weighted by molar-refractivity contribution is -0.115. The van der Waals surface area contributed by atoms with Crippen molar-refractivity contribution < 1.29 is 17.9 Å². The summed E-state index contributed by atoms with van der Waals surface area (Å²) in [4.78, 5) is 11.8. The molecule has 1 aromatic rings. The summed E-state index contributed by atoms with van der Waals surface area (Å²) < 4.78 is 28.3. The van der Waals surface area contributed by atoms with E-state index in [1.807, 2.05) is 5.92 Å². The first-order chi connectivity index (χ1) is 8.90. The molecular formula is C13H15NO4S. The van der Waals surface area contributed by atoms with E-state index in [0.717, 1.165) is 0 Å². The molecule has 0 saturated carbocycles. The summed E-state index contributed by atoms with van der Waals surface area (Å²) >= 11 is 0. The average molecular weight is 281 g/mol. The first-order valence-corrected chi connectivity index (χ1v) is 7.22. The van der Waals surface area contributed by atoms with Crippen LogP contribution in [0.25, 0.3) is 0 Å². The molecule has 0 heterocycles. The molecule has 0 aliphatic heterocycles. The second-order valence-electron chi connectivity index (χ2n) is 3.87. The zero-order chi connectivity index (χ0) is 14.5. The van der Waals surface area contributed by atoms with E-state index in [0.29, 0.717) is 11.4 Å². The molecule has 1 aromatic carbocycles. The maximum atomic E-state index is 11.8. The van der Waals surface area contributed by atoms with Gasteiger partial charge in [-0.1, -0.05) is 5.92 Å². The minimum Gasteiger partial charge on any atom is -0.497 e. The predicted molar refractivity (Wildman–Crippen MR) is 73.7 cm³/mol. The highest BCUT2D eigenvalue weighted by atomic mass is 32.2. The minimum absolute atomic E-state index is 0.454. The van der Waals surface area contributed by atoms with Gasteiger partial charge in [0.25, 0.3) is 0 Å². The van der Waals surface area contributed by atoms with E-state index in [1.54, 1.807) is 24.3 Å². The Morgan fingerprint density at radius 2 is 2.00 bits per heavy atom. The molecule has 102 valence electrons. The second-order valence-corrected chi connectivity index (χ2v) is 6.19. The highest BCUT2D eigenvalue weighted by Crippen LogP contribution is 2.16. The number of hydrogen-bond donors (Lipinski definition) is 1. The van der Waals surface area contributed by atoms with Gasteiger partial charge >= 0.3 is 0 Å². The van der Waals surface area contributed by atoms with Crippen LogP contribution in [0, 0.1) is 12.3 Å². The lowest BCUT2D eigenvalue weighted by Gasteiger charge is -2.12. The van der Waals surface area contributed by atoms with Gasteiger partial charge in [0.05, 0.1) is 7.11 Å². The molecule has 19 heavy (non-hydrogen) atoms. The van der Waals surface area contributed by atoms with Gasteiger partial charge in [0.15, 0.2) is 9.84 Å². The smallest absolute Gasteiger partial charge is 0.242 e. The van der Waals surface area contributed by atoms with Gasteiger partial charge in [-0.3, -0.25) is 4.79 Å². The van der Waals surface area contributed by atoms with Crippen molar-refractivity contribution in [2.24, 2.45) is 0 Å². The highest BCUT2D eigenvalue weighted by molar-refractivity contribution is 7.93. The van der Waals surface area contributed by atoms with Crippen LogP contribution in [-0.2, 0) is 14.6 Å². The van der Waals surface area contributed by atoms with Crippen molar-refractivity contribution in [2.75, 3.05) is 18.2 Å². The van der Waals surface area contributed by atoms with Crippen molar-refractivity contribution in [3.05, 3.63) is 24.3 Å². The Morgan fingerprint density at radius 1 is 1.42 bits per heavy atom. The summed E-state index contributed by atoms with van der Waals surface area (Å²) in [7, 11) is -2.09. The van der Waals surface area contributed by atoms with Crippen molar-refractivity contribution >= 4 is 21.4 Å². The number of terminal acetylenes is 1. The van der Waals surface area contributed by atoms with Crippen molar-refractivity contribution in [3.8, 4) is 18.1 Å². The van der Waals surface area contributed by atoms with Crippen LogP contribution in [0.15, 0.2) is 24.3 Å². The third kappa shape index (κ3) is 4.00. The Labute approximate surface area is 112 Å². The fraction of sp³-hybridized carbons (Fsp3) is 0.308. The number of ether oxygens (including phenoxy) is 1. The quantitative estimate of drug-likeness (QED) is 0.819. The van der Waals surface area contributed by atoms with E-state index >= 15 is 0 Å². The molecule has 1 atom stereocenters. The van der Waals surface area contributed by atoms with Crippen LogP contribution in [0.2, 0.25) is 0 Å². The molecule has 6 heteroatoms. The molecule has 0 aliphatic rings. The molecule has 5 nitrogen and oxygen atoms in total. The summed E-state index contributed by atoms with van der Waals surface area (Å²) in [6, 6.07) is 6.57. The van der Waals surface area contributed by atoms with Crippen molar-refractivity contribution in [1.82, 2.24) is 0 Å². The third-order valence-corrected chi connectivity index (χ3v) is 4.41. The number of benzene rings is 1. The first-order valence-electron chi connectivity index (χ1n) is 5.50. The summed E-state index contributed by atoms with van der Waals surface area (Å²) in [6.07, 6.45) is 4.96. The topological polar surface area (TPSA) is 72.5 Å². The fourth-order valence-electron chi connectivity index (χ4n) is 1.32. The Kier molecular flexibility index (Phi) is 4.95. The van der Waals surface area contributed by atoms with E-state index in [4.69, 9.17) is 11.2 Å². The Bertz CT molecular complexity index is 584. The van der Waals surface area contributed by atoms with Crippen LogP contribution in [0.1, 0.15) is 6.92 Å². The zero-order valence-corrected chi connectivity index (χ0v) is 11.5. The van der Waals surface area contributed by atoms with Crippen LogP contribution in [-0.4, -0.2) is 32.4 Å². The summed E-state index contributed by atoms with van der Waals surface area (Å²) in [5, 5.41) is 1.33. The Morgan fingerprint density at radius 3 is 2.47 bits per heavy atom. The molecule has 0 saturated heterocycles. The van der Waals surface area contributed by atoms with Crippen molar-refractivity contribution in [2.45, 2.75) is 12.2 Å². The van der Waals surface area contributed by atoms with E-state index in [2.05, 4.69) is 5.32 Å². The molecular weight excluding hydrogens is 266 g/mol. The number of methoxy groups -OCH3 is 1. The number of carbonyl (C=O) groups is 1. The van der Waals surface area contributed by atoms with Crippen LogP contribution in [0.3, 0.4) is 0 Å². The molecule has 1 unspecified atom stereocenters. The molecule has 0 spiro atoms. The van der Waals surface area contributed by atoms with E-state index in [-0.39, 0.29) is 0 Å². The largest absolute Gasteiger partial charge is 0.497 e. The van der Waals surface area contributed by atoms with E-state index < -0.39 is 26.7 Å². The molecule has 0 radical (unpaired) electrons. The molecule has 0 fully saturated rings. The van der Waals surface area contributed by atoms with Crippen molar-refractivity contribution in [1.29, 1.82) is 0 Å². The fourth-order valence-corrected chi connectivity index (χ4v) is 2.19. The van der Waals surface area contributed by atoms with Crippen LogP contribution >= 0.6 is 0 Å². The molecule has 1 rings (SSSR count). The molecule has 0 aromatic heterocycles. The number of nitrogens with one attached hydrogen (secondary N) is 1. The predicted octanol–water partition coefficient (Wildman–Crippen LogP) is 1.07. The van der Waals surface area contributed by atoms with Gasteiger partial charge in [-0.2, -0.15) is 0 Å². The molecule has 0 bridgehead atoms. The lowest BCUT2D eigenvalue weighted by atomic mass is 10.3. The van der Waals surface area contributed by atoms with Crippen LogP contribution in [0.4, 0.5) is 5.69 Å². The zero-order valence-electron chi connectivity index (χ0n) is 10.7. The average Bonchev–Trinajstić information content (AvgIpc) is 2.38. The van der Waals surface area contributed by atoms with Gasteiger partial charge in [-0.05, 0) is 31.2 Å². The number of carbonyl (C=O) groups excluding carboxylic acids is 1. The normalized spacial score (nSPS) is 12.3. The van der Waals surface area contributed by atoms with Gasteiger partial charge in [-0.25, -0.2) is 8.42 Å². The van der Waals surface area contributed by atoms with Gasteiger partial charge in [0, 0.05) is 5.69 Å². The number of anilines is 1. The maximum absolute atomic E-state index is 11.8. The molecule has 0 aliphatic carbocycles. The summed E-state index contributed by atoms with van der Waals surface area (Å²) in [5.41, 5.74) is 0.494. The van der Waals surface area contributed by atoms with Crippen LogP contribution in [0.5, 0.6) is 5.75 Å². The van der Waals surface area contributed by atoms with Crippen molar-refractivity contribution in [3.63, 3.8) is 0 Å².